The number of urea groups is 1. The highest BCUT2D eigenvalue weighted by atomic mass is 16.6. The van der Waals surface area contributed by atoms with Crippen molar-refractivity contribution in [2.24, 2.45) is 0 Å². The highest BCUT2D eigenvalue weighted by molar-refractivity contribution is 6.05. The van der Waals surface area contributed by atoms with E-state index in [9.17, 15) is 9.59 Å². The summed E-state index contributed by atoms with van der Waals surface area (Å²) < 4.78 is 10.4. The molecule has 1 saturated carbocycles. The maximum absolute atomic E-state index is 12.7. The molecule has 1 aromatic heterocycles. The molecule has 25 heavy (non-hydrogen) atoms. The molecule has 7 heteroatoms. The molecule has 0 N–H and O–H groups in total. The number of rotatable bonds is 4. The lowest BCUT2D eigenvalue weighted by Gasteiger charge is -2.22. The number of fused-ring (bicyclic) bond motifs is 1. The molecule has 7 nitrogen and oxygen atoms in total. The molecule has 1 aliphatic heterocycles. The van der Waals surface area contributed by atoms with Crippen LogP contribution in [-0.4, -0.2) is 41.2 Å². The summed E-state index contributed by atoms with van der Waals surface area (Å²) in [5, 5.41) is 0. The third-order valence-corrected chi connectivity index (χ3v) is 4.41. The first-order valence-electron chi connectivity index (χ1n) is 8.02. The SMILES string of the molecule is COc1cc(N2C(=O)N(C(=O)OCc3ccccc3)[C@@H]3C[C@@H]32)ccn1. The van der Waals surface area contributed by atoms with Crippen LogP contribution in [-0.2, 0) is 11.3 Å². The van der Waals surface area contributed by atoms with Gasteiger partial charge in [-0.25, -0.2) is 19.5 Å². The van der Waals surface area contributed by atoms with Crippen LogP contribution in [0.5, 0.6) is 5.88 Å². The Morgan fingerprint density at radius 3 is 2.80 bits per heavy atom. The van der Waals surface area contributed by atoms with Crippen LogP contribution in [0.15, 0.2) is 48.7 Å². The molecule has 2 aromatic rings. The lowest BCUT2D eigenvalue weighted by Crippen LogP contribution is -2.41. The number of carbonyl (C=O) groups is 2. The fourth-order valence-electron chi connectivity index (χ4n) is 3.09. The summed E-state index contributed by atoms with van der Waals surface area (Å²) in [5.41, 5.74) is 1.55. The van der Waals surface area contributed by atoms with Gasteiger partial charge in [-0.15, -0.1) is 0 Å². The van der Waals surface area contributed by atoms with E-state index in [1.165, 1.54) is 12.0 Å². The molecule has 1 saturated heterocycles. The molecule has 4 rings (SSSR count). The van der Waals surface area contributed by atoms with Crippen LogP contribution < -0.4 is 9.64 Å². The lowest BCUT2D eigenvalue weighted by molar-refractivity contribution is 0.107. The van der Waals surface area contributed by atoms with Crippen molar-refractivity contribution in [2.45, 2.75) is 25.1 Å². The summed E-state index contributed by atoms with van der Waals surface area (Å²) in [6.45, 7) is 0.143. The van der Waals surface area contributed by atoms with Crippen LogP contribution in [0, 0.1) is 0 Å². The van der Waals surface area contributed by atoms with Gasteiger partial charge >= 0.3 is 12.1 Å². The second-order valence-corrected chi connectivity index (χ2v) is 5.99. The summed E-state index contributed by atoms with van der Waals surface area (Å²) >= 11 is 0. The number of nitrogens with zero attached hydrogens (tertiary/aromatic N) is 3. The van der Waals surface area contributed by atoms with Crippen LogP contribution in [0.2, 0.25) is 0 Å². The van der Waals surface area contributed by atoms with E-state index in [1.807, 2.05) is 30.3 Å². The van der Waals surface area contributed by atoms with Crippen molar-refractivity contribution in [3.8, 4) is 5.88 Å². The van der Waals surface area contributed by atoms with Gasteiger partial charge in [-0.1, -0.05) is 30.3 Å². The van der Waals surface area contributed by atoms with Crippen LogP contribution in [0.3, 0.4) is 0 Å². The summed E-state index contributed by atoms with van der Waals surface area (Å²) in [5.74, 6) is 0.424. The molecule has 2 atom stereocenters. The smallest absolute Gasteiger partial charge is 0.418 e. The highest BCUT2D eigenvalue weighted by Gasteiger charge is 2.60. The van der Waals surface area contributed by atoms with Gasteiger partial charge in [0.05, 0.1) is 24.9 Å². The minimum atomic E-state index is -0.607. The van der Waals surface area contributed by atoms with Crippen LogP contribution >= 0.6 is 0 Å². The van der Waals surface area contributed by atoms with E-state index < -0.39 is 6.09 Å². The summed E-state index contributed by atoms with van der Waals surface area (Å²) in [7, 11) is 1.52. The van der Waals surface area contributed by atoms with E-state index in [2.05, 4.69) is 4.98 Å². The van der Waals surface area contributed by atoms with E-state index >= 15 is 0 Å². The van der Waals surface area contributed by atoms with Crippen molar-refractivity contribution in [1.29, 1.82) is 0 Å². The third-order valence-electron chi connectivity index (χ3n) is 4.41. The van der Waals surface area contributed by atoms with Gasteiger partial charge in [0.1, 0.15) is 6.61 Å². The standard InChI is InChI=1S/C18H17N3O4/c1-24-16-9-13(7-8-19-16)20-14-10-15(14)21(17(20)22)18(23)25-11-12-5-3-2-4-6-12/h2-9,14-15H,10-11H2,1H3/t14-,15+/m0/s1. The number of carbonyl (C=O) groups excluding carboxylic acids is 2. The first-order valence-corrected chi connectivity index (χ1v) is 8.02. The van der Waals surface area contributed by atoms with Gasteiger partial charge in [-0.05, 0) is 18.1 Å². The van der Waals surface area contributed by atoms with Crippen molar-refractivity contribution >= 4 is 17.8 Å². The Kier molecular flexibility index (Phi) is 3.76. The molecular weight excluding hydrogens is 322 g/mol. The largest absolute Gasteiger partial charge is 0.481 e. The zero-order valence-electron chi connectivity index (χ0n) is 13.7. The molecule has 2 aliphatic rings. The maximum Gasteiger partial charge on any atom is 0.418 e. The minimum Gasteiger partial charge on any atom is -0.481 e. The first kappa shape index (κ1) is 15.4. The Bertz CT molecular complexity index is 811. The monoisotopic (exact) mass is 339 g/mol. The second kappa shape index (κ2) is 6.08. The lowest BCUT2D eigenvalue weighted by atomic mass is 10.2. The normalized spacial score (nSPS) is 21.1. The fraction of sp³-hybridized carbons (Fsp3) is 0.278. The van der Waals surface area contributed by atoms with Crippen molar-refractivity contribution in [3.05, 3.63) is 54.2 Å². The van der Waals surface area contributed by atoms with Gasteiger partial charge < -0.3 is 9.47 Å². The van der Waals surface area contributed by atoms with Crippen molar-refractivity contribution in [2.75, 3.05) is 12.0 Å². The molecule has 0 spiro atoms. The Balaban J connectivity index is 1.47. The number of anilines is 1. The quantitative estimate of drug-likeness (QED) is 0.856. The zero-order valence-corrected chi connectivity index (χ0v) is 13.7. The van der Waals surface area contributed by atoms with E-state index in [4.69, 9.17) is 9.47 Å². The topological polar surface area (TPSA) is 72.0 Å². The first-order chi connectivity index (χ1) is 12.2. The molecule has 0 bridgehead atoms. The molecular formula is C18H17N3O4. The second-order valence-electron chi connectivity index (χ2n) is 5.99. The van der Waals surface area contributed by atoms with Crippen molar-refractivity contribution < 1.29 is 19.1 Å². The van der Waals surface area contributed by atoms with E-state index in [1.54, 1.807) is 23.2 Å². The van der Waals surface area contributed by atoms with Gasteiger partial charge in [-0.2, -0.15) is 0 Å². The molecule has 2 heterocycles. The molecule has 0 unspecified atom stereocenters. The van der Waals surface area contributed by atoms with Crippen LogP contribution in [0.1, 0.15) is 12.0 Å². The Hall–Kier alpha value is -3.09. The predicted octanol–water partition coefficient (Wildman–Crippen LogP) is 2.81. The number of hydrogen-bond acceptors (Lipinski definition) is 5. The Morgan fingerprint density at radius 2 is 2.04 bits per heavy atom. The van der Waals surface area contributed by atoms with Gasteiger partial charge in [0.25, 0.3) is 0 Å². The van der Waals surface area contributed by atoms with E-state index in [0.717, 1.165) is 12.0 Å². The molecule has 3 amide bonds. The van der Waals surface area contributed by atoms with Gasteiger partial charge in [0, 0.05) is 12.3 Å². The Morgan fingerprint density at radius 1 is 1.24 bits per heavy atom. The van der Waals surface area contributed by atoms with E-state index in [0.29, 0.717) is 11.6 Å². The number of amides is 3. The minimum absolute atomic E-state index is 0.0103. The number of pyridine rings is 1. The molecule has 1 aliphatic carbocycles. The molecule has 2 fully saturated rings. The average molecular weight is 339 g/mol. The summed E-state index contributed by atoms with van der Waals surface area (Å²) in [4.78, 5) is 31.9. The number of imide groups is 1. The Labute approximate surface area is 144 Å². The zero-order chi connectivity index (χ0) is 17.4. The van der Waals surface area contributed by atoms with Gasteiger partial charge in [0.2, 0.25) is 5.88 Å². The summed E-state index contributed by atoms with van der Waals surface area (Å²) in [6, 6.07) is 12.3. The number of aromatic nitrogens is 1. The number of benzene rings is 1. The average Bonchev–Trinajstić information content (AvgIpc) is 3.35. The highest BCUT2D eigenvalue weighted by Crippen LogP contribution is 2.44. The van der Waals surface area contributed by atoms with Crippen LogP contribution in [0.25, 0.3) is 0 Å². The maximum atomic E-state index is 12.7. The number of methoxy groups -OCH3 is 1. The number of hydrogen-bond donors (Lipinski definition) is 0. The third kappa shape index (κ3) is 2.77. The van der Waals surface area contributed by atoms with Crippen molar-refractivity contribution in [1.82, 2.24) is 9.88 Å². The summed E-state index contributed by atoms with van der Waals surface area (Å²) in [6.07, 6.45) is 1.72. The molecule has 0 radical (unpaired) electrons. The molecule has 1 aromatic carbocycles. The fourth-order valence-corrected chi connectivity index (χ4v) is 3.09. The number of ether oxygens (including phenoxy) is 2. The van der Waals surface area contributed by atoms with Gasteiger partial charge in [-0.3, -0.25) is 4.90 Å². The van der Waals surface area contributed by atoms with Gasteiger partial charge in [0.15, 0.2) is 0 Å². The van der Waals surface area contributed by atoms with E-state index in [-0.39, 0.29) is 24.7 Å². The molecule has 128 valence electrons. The van der Waals surface area contributed by atoms with Crippen molar-refractivity contribution in [3.63, 3.8) is 0 Å². The van der Waals surface area contributed by atoms with Crippen LogP contribution in [0.4, 0.5) is 15.3 Å². The predicted molar refractivity (Wildman–Crippen MR) is 89.3 cm³/mol.